The van der Waals surface area contributed by atoms with E-state index in [4.69, 9.17) is 9.26 Å². The van der Waals surface area contributed by atoms with Gasteiger partial charge in [0.1, 0.15) is 0 Å². The molecular formula is C15H17N3O3. The summed E-state index contributed by atoms with van der Waals surface area (Å²) < 4.78 is 9.96. The number of hydrogen-bond donors (Lipinski definition) is 0. The second-order valence-corrected chi connectivity index (χ2v) is 5.02. The molecule has 2 aromatic rings. The predicted octanol–water partition coefficient (Wildman–Crippen LogP) is 2.41. The molecule has 1 aliphatic rings. The first-order valence-electron chi connectivity index (χ1n) is 7.02. The minimum absolute atomic E-state index is 0.0237. The smallest absolute Gasteiger partial charge is 0.409 e. The Morgan fingerprint density at radius 3 is 2.76 bits per heavy atom. The molecule has 0 bridgehead atoms. The average Bonchev–Trinajstić information content (AvgIpc) is 3.17. The Labute approximate surface area is 122 Å². The molecule has 0 N–H and O–H groups in total. The standard InChI is InChI=1S/C15H17N3O3/c1-2-20-15(19)18-8-12(11-6-4-3-5-7-11)13(9-18)14-16-10-21-17-14/h3-7,10,12-13H,2,8-9H2,1H3/t12-,13-/m1/s1. The Bertz CT molecular complexity index is 585. The highest BCUT2D eigenvalue weighted by Gasteiger charge is 2.39. The van der Waals surface area contributed by atoms with E-state index < -0.39 is 0 Å². The van der Waals surface area contributed by atoms with E-state index in [1.165, 1.54) is 12.0 Å². The zero-order chi connectivity index (χ0) is 14.7. The molecule has 0 aliphatic carbocycles. The third-order valence-corrected chi connectivity index (χ3v) is 3.78. The maximum Gasteiger partial charge on any atom is 0.409 e. The number of rotatable bonds is 3. The van der Waals surface area contributed by atoms with Crippen LogP contribution < -0.4 is 0 Å². The van der Waals surface area contributed by atoms with Crippen molar-refractivity contribution in [3.63, 3.8) is 0 Å². The van der Waals surface area contributed by atoms with E-state index >= 15 is 0 Å². The molecule has 1 aliphatic heterocycles. The van der Waals surface area contributed by atoms with E-state index in [2.05, 4.69) is 22.3 Å². The Morgan fingerprint density at radius 2 is 2.10 bits per heavy atom. The van der Waals surface area contributed by atoms with Crippen molar-refractivity contribution in [2.24, 2.45) is 0 Å². The van der Waals surface area contributed by atoms with Gasteiger partial charge in [-0.2, -0.15) is 4.98 Å². The summed E-state index contributed by atoms with van der Waals surface area (Å²) in [5, 5.41) is 3.95. The largest absolute Gasteiger partial charge is 0.450 e. The number of hydrogen-bond acceptors (Lipinski definition) is 5. The molecule has 0 unspecified atom stereocenters. The van der Waals surface area contributed by atoms with Crippen LogP contribution in [0.25, 0.3) is 0 Å². The summed E-state index contributed by atoms with van der Waals surface area (Å²) in [6, 6.07) is 10.1. The van der Waals surface area contributed by atoms with Gasteiger partial charge in [-0.25, -0.2) is 4.79 Å². The molecule has 21 heavy (non-hydrogen) atoms. The minimum Gasteiger partial charge on any atom is -0.450 e. The van der Waals surface area contributed by atoms with Crippen molar-refractivity contribution >= 4 is 6.09 Å². The number of carbonyl (C=O) groups excluding carboxylic acids is 1. The van der Waals surface area contributed by atoms with Gasteiger partial charge >= 0.3 is 6.09 Å². The summed E-state index contributed by atoms with van der Waals surface area (Å²) in [6.45, 7) is 3.32. The summed E-state index contributed by atoms with van der Waals surface area (Å²) in [5.74, 6) is 0.805. The molecule has 1 fully saturated rings. The molecule has 110 valence electrons. The zero-order valence-electron chi connectivity index (χ0n) is 11.8. The van der Waals surface area contributed by atoms with Crippen molar-refractivity contribution in [2.75, 3.05) is 19.7 Å². The van der Waals surface area contributed by atoms with Crippen molar-refractivity contribution in [1.82, 2.24) is 15.0 Å². The van der Waals surface area contributed by atoms with E-state index in [0.29, 0.717) is 25.5 Å². The van der Waals surface area contributed by atoms with Gasteiger partial charge in [-0.15, -0.1) is 0 Å². The lowest BCUT2D eigenvalue weighted by atomic mass is 9.88. The molecule has 2 atom stereocenters. The molecule has 0 saturated carbocycles. The molecule has 1 aromatic carbocycles. The number of likely N-dealkylation sites (tertiary alicyclic amines) is 1. The lowest BCUT2D eigenvalue weighted by Crippen LogP contribution is -2.29. The Morgan fingerprint density at radius 1 is 1.33 bits per heavy atom. The highest BCUT2D eigenvalue weighted by atomic mass is 16.6. The van der Waals surface area contributed by atoms with Crippen molar-refractivity contribution in [3.05, 3.63) is 48.1 Å². The van der Waals surface area contributed by atoms with Crippen LogP contribution >= 0.6 is 0 Å². The lowest BCUT2D eigenvalue weighted by molar-refractivity contribution is 0.115. The number of ether oxygens (including phenoxy) is 1. The summed E-state index contributed by atoms with van der Waals surface area (Å²) >= 11 is 0. The SMILES string of the molecule is CCOC(=O)N1C[C@H](c2ccccc2)[C@H](c2ncon2)C1. The highest BCUT2D eigenvalue weighted by Crippen LogP contribution is 2.38. The monoisotopic (exact) mass is 287 g/mol. The Hall–Kier alpha value is -2.37. The van der Waals surface area contributed by atoms with Gasteiger partial charge in [0.15, 0.2) is 5.82 Å². The van der Waals surface area contributed by atoms with Crippen LogP contribution in [-0.2, 0) is 4.74 Å². The molecule has 1 aromatic heterocycles. The van der Waals surface area contributed by atoms with Crippen LogP contribution in [0.1, 0.15) is 30.1 Å². The van der Waals surface area contributed by atoms with Gasteiger partial charge < -0.3 is 14.2 Å². The summed E-state index contributed by atoms with van der Waals surface area (Å²) in [7, 11) is 0. The van der Waals surface area contributed by atoms with Crippen molar-refractivity contribution < 1.29 is 14.1 Å². The Balaban J connectivity index is 1.86. The van der Waals surface area contributed by atoms with Crippen LogP contribution in [0.15, 0.2) is 41.2 Å². The van der Waals surface area contributed by atoms with E-state index in [0.717, 1.165) is 0 Å². The molecule has 0 radical (unpaired) electrons. The first-order valence-corrected chi connectivity index (χ1v) is 7.02. The zero-order valence-corrected chi connectivity index (χ0v) is 11.8. The highest BCUT2D eigenvalue weighted by molar-refractivity contribution is 5.68. The first kappa shape index (κ1) is 13.6. The van der Waals surface area contributed by atoms with Crippen LogP contribution in [0.3, 0.4) is 0 Å². The van der Waals surface area contributed by atoms with Gasteiger partial charge in [0.05, 0.1) is 6.61 Å². The lowest BCUT2D eigenvalue weighted by Gasteiger charge is -2.15. The summed E-state index contributed by atoms with van der Waals surface area (Å²) in [4.78, 5) is 17.8. The van der Waals surface area contributed by atoms with Crippen LogP contribution in [-0.4, -0.2) is 40.8 Å². The van der Waals surface area contributed by atoms with Crippen LogP contribution in [0, 0.1) is 0 Å². The van der Waals surface area contributed by atoms with Crippen LogP contribution in [0.2, 0.25) is 0 Å². The molecule has 1 saturated heterocycles. The van der Waals surface area contributed by atoms with Gasteiger partial charge in [0, 0.05) is 24.9 Å². The molecule has 6 nitrogen and oxygen atoms in total. The average molecular weight is 287 g/mol. The molecule has 2 heterocycles. The third kappa shape index (κ3) is 2.74. The molecule has 1 amide bonds. The van der Waals surface area contributed by atoms with Gasteiger partial charge in [0.2, 0.25) is 6.39 Å². The number of nitrogens with zero attached hydrogens (tertiary/aromatic N) is 3. The predicted molar refractivity (Wildman–Crippen MR) is 74.8 cm³/mol. The number of carbonyl (C=O) groups is 1. The number of benzene rings is 1. The van der Waals surface area contributed by atoms with E-state index in [-0.39, 0.29) is 17.9 Å². The fraction of sp³-hybridized carbons (Fsp3) is 0.400. The maximum absolute atomic E-state index is 12.0. The first-order chi connectivity index (χ1) is 10.3. The topological polar surface area (TPSA) is 68.5 Å². The normalized spacial score (nSPS) is 21.5. The third-order valence-electron chi connectivity index (χ3n) is 3.78. The second-order valence-electron chi connectivity index (χ2n) is 5.02. The van der Waals surface area contributed by atoms with Gasteiger partial charge in [-0.1, -0.05) is 35.5 Å². The minimum atomic E-state index is -0.288. The van der Waals surface area contributed by atoms with E-state index in [1.807, 2.05) is 18.2 Å². The molecular weight excluding hydrogens is 270 g/mol. The van der Waals surface area contributed by atoms with Crippen LogP contribution in [0.5, 0.6) is 0 Å². The van der Waals surface area contributed by atoms with E-state index in [9.17, 15) is 4.79 Å². The summed E-state index contributed by atoms with van der Waals surface area (Å²) in [6.07, 6.45) is 1.04. The maximum atomic E-state index is 12.0. The van der Waals surface area contributed by atoms with Gasteiger partial charge in [-0.05, 0) is 12.5 Å². The fourth-order valence-electron chi connectivity index (χ4n) is 2.81. The quantitative estimate of drug-likeness (QED) is 0.867. The van der Waals surface area contributed by atoms with Gasteiger partial charge in [-0.3, -0.25) is 0 Å². The van der Waals surface area contributed by atoms with Crippen molar-refractivity contribution in [1.29, 1.82) is 0 Å². The molecule has 0 spiro atoms. The number of aromatic nitrogens is 2. The van der Waals surface area contributed by atoms with Crippen molar-refractivity contribution in [2.45, 2.75) is 18.8 Å². The van der Waals surface area contributed by atoms with Crippen molar-refractivity contribution in [3.8, 4) is 0 Å². The Kier molecular flexibility index (Phi) is 3.85. The fourth-order valence-corrected chi connectivity index (χ4v) is 2.81. The van der Waals surface area contributed by atoms with E-state index in [1.54, 1.807) is 11.8 Å². The molecule has 6 heteroatoms. The molecule has 3 rings (SSSR count). The van der Waals surface area contributed by atoms with Gasteiger partial charge in [0.25, 0.3) is 0 Å². The summed E-state index contributed by atoms with van der Waals surface area (Å²) in [5.41, 5.74) is 1.17. The number of amides is 1. The second kappa shape index (κ2) is 5.95. The van der Waals surface area contributed by atoms with Crippen LogP contribution in [0.4, 0.5) is 4.79 Å².